The van der Waals surface area contributed by atoms with Crippen molar-refractivity contribution in [2.45, 2.75) is 49.0 Å². The normalized spacial score (nSPS) is 11.6. The lowest BCUT2D eigenvalue weighted by molar-refractivity contribution is 1.24. The van der Waals surface area contributed by atoms with E-state index in [1.54, 1.807) is 0 Å². The highest BCUT2D eigenvalue weighted by Crippen LogP contribution is 2.57. The molecule has 0 aliphatic rings. The average Bonchev–Trinajstić information content (AvgIpc) is 1.52. The Morgan fingerprint density at radius 2 is 0.413 bits per heavy atom. The van der Waals surface area contributed by atoms with Crippen molar-refractivity contribution in [1.29, 1.82) is 0 Å². The van der Waals surface area contributed by atoms with Crippen LogP contribution >= 0.6 is 23.2 Å². The molecule has 138 heavy (non-hydrogen) atoms. The minimum absolute atomic E-state index is 0. The van der Waals surface area contributed by atoms with Crippen molar-refractivity contribution in [1.82, 2.24) is 8.80 Å². The van der Waals surface area contributed by atoms with Crippen molar-refractivity contribution >= 4 is 188 Å². The van der Waals surface area contributed by atoms with Crippen molar-refractivity contribution in [3.63, 3.8) is 0 Å². The fraction of sp³-hybridized carbons (Fsp3) is 0.0534. The highest BCUT2D eigenvalue weighted by atomic mass is 35.5. The first-order chi connectivity index (χ1) is 67.3. The van der Waals surface area contributed by atoms with Crippen molar-refractivity contribution in [2.24, 2.45) is 0 Å². The number of fused-ring (bicyclic) bond motifs is 16. The molecule has 0 fully saturated rings. The van der Waals surface area contributed by atoms with Crippen LogP contribution in [-0.4, -0.2) is 8.80 Å². The summed E-state index contributed by atoms with van der Waals surface area (Å²) in [6.07, 6.45) is 0. The van der Waals surface area contributed by atoms with Crippen molar-refractivity contribution in [2.75, 3.05) is 15.1 Å². The number of aryl methyl sites for hydroxylation is 6. The number of aromatic nitrogens is 2. The molecule has 0 atom stereocenters. The molecule has 660 valence electrons. The van der Waals surface area contributed by atoms with E-state index in [9.17, 15) is 0 Å². The van der Waals surface area contributed by atoms with Gasteiger partial charge in [0, 0.05) is 98.8 Å². The Morgan fingerprint density at radius 3 is 0.696 bits per heavy atom. The molecule has 26 rings (SSSR count). The van der Waals surface area contributed by atoms with Gasteiger partial charge in [0.1, 0.15) is 0 Å². The van der Waals surface area contributed by atoms with Crippen molar-refractivity contribution < 1.29 is 0 Å². The fourth-order valence-corrected chi connectivity index (χ4v) is 21.9. The van der Waals surface area contributed by atoms with E-state index in [1.165, 1.54) is 187 Å². The van der Waals surface area contributed by atoms with E-state index in [2.05, 4.69) is 502 Å². The molecule has 0 aliphatic carbocycles. The van der Waals surface area contributed by atoms with Gasteiger partial charge in [0.2, 0.25) is 0 Å². The third kappa shape index (κ3) is 14.7. The molecule has 1 N–H and O–H groups in total. The number of hydrogen-bond acceptors (Lipinski definition) is 3. The van der Waals surface area contributed by atoms with Gasteiger partial charge in [0.15, 0.2) is 0 Å². The fourth-order valence-electron chi connectivity index (χ4n) is 21.2. The SMILES string of the molecule is C.Cc1ccc(-c2ccccc2)cc1N(c1cc(-c2ccccc2)ccc1C)c1c2ccccc2cc2c1c1cccc3c4c(N(c5cc(-c6ccccc6)ccc5C)c5cc(-c6ccccc6)ccc5C)c5ccccc5cc4n2c13.Cc1ccc(-c2ccccc2)cc1Nc1cc(-c2ccccc2)ccc1C.Clc1c2ccccc2cc2c1c1cccc3c4c(Cl)c5ccccc5cc4n2c13. The third-order valence-electron chi connectivity index (χ3n) is 28.1. The van der Waals surface area contributed by atoms with Crippen molar-refractivity contribution in [3.8, 4) is 66.8 Å². The summed E-state index contributed by atoms with van der Waals surface area (Å²) in [5, 5.41) is 23.9. The zero-order chi connectivity index (χ0) is 92.2. The van der Waals surface area contributed by atoms with Gasteiger partial charge in [-0.15, -0.1) is 0 Å². The van der Waals surface area contributed by atoms with E-state index < -0.39 is 0 Å². The Morgan fingerprint density at radius 1 is 0.196 bits per heavy atom. The van der Waals surface area contributed by atoms with E-state index in [0.717, 1.165) is 87.5 Å². The maximum Gasteiger partial charge on any atom is 0.0640 e. The summed E-state index contributed by atoms with van der Waals surface area (Å²) in [4.78, 5) is 5.21. The van der Waals surface area contributed by atoms with Crippen molar-refractivity contribution in [3.05, 3.63) is 492 Å². The third-order valence-corrected chi connectivity index (χ3v) is 28.9. The van der Waals surface area contributed by atoms with Gasteiger partial charge in [-0.2, -0.15) is 0 Å². The summed E-state index contributed by atoms with van der Waals surface area (Å²) in [5.74, 6) is 0. The molecule has 22 aromatic carbocycles. The molecule has 0 spiro atoms. The first-order valence-electron chi connectivity index (χ1n) is 47.1. The minimum Gasteiger partial charge on any atom is -0.355 e. The maximum absolute atomic E-state index is 6.96. The molecule has 0 saturated heterocycles. The molecular weight excluding hydrogens is 1710 g/mol. The molecule has 0 aliphatic heterocycles. The molecule has 0 unspecified atom stereocenters. The van der Waals surface area contributed by atoms with Gasteiger partial charge in [0.05, 0.1) is 54.5 Å². The second-order valence-corrected chi connectivity index (χ2v) is 37.2. The second kappa shape index (κ2) is 35.4. The van der Waals surface area contributed by atoms with Crippen LogP contribution in [0.4, 0.5) is 45.5 Å². The van der Waals surface area contributed by atoms with E-state index >= 15 is 0 Å². The Bertz CT molecular complexity index is 8510. The van der Waals surface area contributed by atoms with E-state index in [4.69, 9.17) is 23.2 Å². The Kier molecular flexibility index (Phi) is 21.9. The first-order valence-corrected chi connectivity index (χ1v) is 47.8. The molecule has 4 aromatic heterocycles. The van der Waals surface area contributed by atoms with Crippen LogP contribution < -0.4 is 15.1 Å². The monoisotopic (exact) mass is 1810 g/mol. The molecule has 5 nitrogen and oxygen atoms in total. The van der Waals surface area contributed by atoms with Crippen LogP contribution in [0.5, 0.6) is 0 Å². The quantitative estimate of drug-likeness (QED) is 0.118. The number of nitrogens with zero attached hydrogens (tertiary/aromatic N) is 4. The molecule has 7 heteroatoms. The highest BCUT2D eigenvalue weighted by molar-refractivity contribution is 6.47. The zero-order valence-electron chi connectivity index (χ0n) is 76.8. The molecule has 0 saturated carbocycles. The number of hydrogen-bond donors (Lipinski definition) is 1. The van der Waals surface area contributed by atoms with Crippen LogP contribution in [0.2, 0.25) is 10.0 Å². The van der Waals surface area contributed by atoms with Gasteiger partial charge >= 0.3 is 0 Å². The number of para-hydroxylation sites is 2. The topological polar surface area (TPSA) is 27.3 Å². The highest BCUT2D eigenvalue weighted by Gasteiger charge is 2.33. The molecule has 0 bridgehead atoms. The molecule has 26 aromatic rings. The molecule has 0 radical (unpaired) electrons. The van der Waals surface area contributed by atoms with Gasteiger partial charge in [0.25, 0.3) is 0 Å². The Hall–Kier alpha value is -16.5. The molecular formula is C131H97Cl2N5. The van der Waals surface area contributed by atoms with E-state index in [1.807, 2.05) is 12.1 Å². The Balaban J connectivity index is 0.000000151. The average molecular weight is 1810 g/mol. The van der Waals surface area contributed by atoms with Crippen LogP contribution in [-0.2, 0) is 0 Å². The summed E-state index contributed by atoms with van der Waals surface area (Å²) in [5.41, 5.74) is 37.7. The largest absolute Gasteiger partial charge is 0.355 e. The smallest absolute Gasteiger partial charge is 0.0640 e. The van der Waals surface area contributed by atoms with E-state index in [-0.39, 0.29) is 7.43 Å². The van der Waals surface area contributed by atoms with Crippen LogP contribution in [0.1, 0.15) is 40.8 Å². The zero-order valence-corrected chi connectivity index (χ0v) is 78.3. The summed E-state index contributed by atoms with van der Waals surface area (Å²) < 4.78 is 4.95. The number of nitrogens with one attached hydrogen (secondary N) is 1. The van der Waals surface area contributed by atoms with Gasteiger partial charge in [-0.05, 0) is 224 Å². The second-order valence-electron chi connectivity index (χ2n) is 36.4. The number of halogens is 2. The standard InChI is InChI=1S/C78H57N3.C26H13Cl2N.C26H23N.CH4/c1-50-36-40-58(54-22-9-5-10-23-54)44-68(50)79(69-45-59(41-37-51(69)2)55-24-11-6-12-25-55)77-64-32-19-17-30-62(64)48-72-74(77)66-34-21-35-67-75-73(81(72)76(66)67)49-63-31-18-20-33-65(63)78(75)80(70-46-60(42-38-52(70)3)56-26-13-7-14-27-56)71-47-61(43-39-53(71)4)57-28-15-8-16-29-57;27-24-16-8-3-1-6-14(16)12-20-22(24)18-10-5-11-19-23-21(29(20)26(18)19)13-15-7-2-4-9-17(15)25(23)28;1-19-13-15-23(21-9-5-3-6-10-21)17-25(19)27-26-18-24(16-14-20(26)2)22-11-7-4-8-12-22;/h5-49H,1-4H3;1-13H;3-18,27H,1-2H3;1H4. The number of rotatable bonds is 14. The van der Waals surface area contributed by atoms with Gasteiger partial charge in [-0.3, -0.25) is 0 Å². The van der Waals surface area contributed by atoms with Crippen LogP contribution in [0.15, 0.2) is 449 Å². The van der Waals surface area contributed by atoms with E-state index in [0.29, 0.717) is 0 Å². The maximum atomic E-state index is 6.96. The molecule has 4 heterocycles. The lowest BCUT2D eigenvalue weighted by atomic mass is 9.95. The van der Waals surface area contributed by atoms with Crippen LogP contribution in [0.25, 0.3) is 186 Å². The first kappa shape index (κ1) is 85.6. The predicted octanol–water partition coefficient (Wildman–Crippen LogP) is 38.5. The predicted molar refractivity (Wildman–Crippen MR) is 596 cm³/mol. The summed E-state index contributed by atoms with van der Waals surface area (Å²) in [6, 6.07) is 163. The van der Waals surface area contributed by atoms with Gasteiger partial charge in [-0.25, -0.2) is 0 Å². The Labute approximate surface area is 813 Å². The van der Waals surface area contributed by atoms with Crippen LogP contribution in [0, 0.1) is 41.5 Å². The van der Waals surface area contributed by atoms with Gasteiger partial charge in [-0.1, -0.05) is 419 Å². The molecule has 0 amide bonds. The number of benzene rings is 22. The number of anilines is 8. The minimum atomic E-state index is 0. The van der Waals surface area contributed by atoms with Gasteiger partial charge < -0.3 is 23.9 Å². The summed E-state index contributed by atoms with van der Waals surface area (Å²) >= 11 is 13.9. The lowest BCUT2D eigenvalue weighted by Gasteiger charge is -2.32. The summed E-state index contributed by atoms with van der Waals surface area (Å²) in [7, 11) is 0. The lowest BCUT2D eigenvalue weighted by Crippen LogP contribution is -2.14. The van der Waals surface area contributed by atoms with Crippen LogP contribution in [0.3, 0.4) is 0 Å². The summed E-state index contributed by atoms with van der Waals surface area (Å²) in [6.45, 7) is 13.4.